The maximum Gasteiger partial charge on any atom is 0.397 e. The van der Waals surface area contributed by atoms with E-state index >= 15 is 56.7 Å². The molecule has 12 atom stereocenters. The van der Waals surface area contributed by atoms with Crippen molar-refractivity contribution in [2.75, 3.05) is 88.2 Å². The number of alkyl halides is 8. The van der Waals surface area contributed by atoms with E-state index in [4.69, 9.17) is 4.74 Å². The van der Waals surface area contributed by atoms with Crippen LogP contribution in [0.4, 0.5) is 35.1 Å². The van der Waals surface area contributed by atoms with Crippen molar-refractivity contribution in [1.29, 1.82) is 0 Å². The molecule has 33 heteroatoms. The highest BCUT2D eigenvalue weighted by molar-refractivity contribution is 6.01. The van der Waals surface area contributed by atoms with Crippen LogP contribution in [0.3, 0.4) is 0 Å². The predicted octanol–water partition coefficient (Wildman–Crippen LogP) is 7.81. The lowest BCUT2D eigenvalue weighted by molar-refractivity contribution is -0.219. The van der Waals surface area contributed by atoms with Gasteiger partial charge in [0.1, 0.15) is 72.1 Å². The van der Waals surface area contributed by atoms with E-state index in [2.05, 4.69) is 16.0 Å². The first-order valence-electron chi connectivity index (χ1n) is 41.4. The number of rotatable bonds is 13. The summed E-state index contributed by atoms with van der Waals surface area (Å²) in [7, 11) is 8.24. The van der Waals surface area contributed by atoms with E-state index in [1.165, 1.54) is 61.9 Å². The molecule has 12 amide bonds. The van der Waals surface area contributed by atoms with Gasteiger partial charge in [-0.3, -0.25) is 57.5 Å². The summed E-state index contributed by atoms with van der Waals surface area (Å²) in [4.78, 5) is 195. The summed E-state index contributed by atoms with van der Waals surface area (Å²) in [6.45, 7) is 4.02. The highest BCUT2D eigenvalue weighted by Gasteiger charge is 2.57. The van der Waals surface area contributed by atoms with Gasteiger partial charge in [0.25, 0.3) is 0 Å². The second-order valence-electron chi connectivity index (χ2n) is 34.1. The van der Waals surface area contributed by atoms with Gasteiger partial charge in [0.15, 0.2) is 0 Å². The van der Waals surface area contributed by atoms with Gasteiger partial charge in [-0.25, -0.2) is 8.78 Å². The minimum Gasteiger partial charge on any atom is -0.377 e. The lowest BCUT2D eigenvalue weighted by Crippen LogP contribution is -2.68. The Kier molecular flexibility index (Phi) is 31.1. The van der Waals surface area contributed by atoms with Crippen LogP contribution in [-0.4, -0.2) is 288 Å². The molecule has 113 heavy (non-hydrogen) atoms. The lowest BCUT2D eigenvalue weighted by Gasteiger charge is -2.46. The van der Waals surface area contributed by atoms with Crippen LogP contribution < -0.4 is 16.0 Å². The zero-order valence-electron chi connectivity index (χ0n) is 67.4. The lowest BCUT2D eigenvalue weighted by atomic mass is 9.74. The first-order chi connectivity index (χ1) is 53.4. The number of carbonyl (C=O) groups is 12. The molecule has 0 aromatic heterocycles. The molecule has 5 aliphatic carbocycles. The van der Waals surface area contributed by atoms with Crippen LogP contribution in [0.1, 0.15) is 207 Å². The summed E-state index contributed by atoms with van der Waals surface area (Å²) < 4.78 is 122. The van der Waals surface area contributed by atoms with E-state index in [1.807, 2.05) is 6.92 Å². The van der Waals surface area contributed by atoms with Gasteiger partial charge in [0.05, 0.1) is 31.5 Å². The number of ether oxygens (including phenoxy) is 1. The van der Waals surface area contributed by atoms with E-state index in [9.17, 15) is 35.9 Å². The summed E-state index contributed by atoms with van der Waals surface area (Å²) >= 11 is 0. The van der Waals surface area contributed by atoms with E-state index < -0.39 is 230 Å². The molecule has 636 valence electrons. The van der Waals surface area contributed by atoms with Gasteiger partial charge in [-0.05, 0) is 159 Å². The molecule has 1 spiro atoms. The van der Waals surface area contributed by atoms with Gasteiger partial charge in [0.2, 0.25) is 70.9 Å². The van der Waals surface area contributed by atoms with E-state index in [0.29, 0.717) is 64.5 Å². The number of nitrogens with one attached hydrogen (secondary N) is 3. The van der Waals surface area contributed by atoms with Gasteiger partial charge in [-0.1, -0.05) is 77.4 Å². The fourth-order valence-corrected chi connectivity index (χ4v) is 19.1. The maximum atomic E-state index is 15.8. The second-order valence-corrected chi connectivity index (χ2v) is 34.1. The first-order valence-corrected chi connectivity index (χ1v) is 41.4. The molecule has 3 N–H and O–H groups in total. The highest BCUT2D eigenvalue weighted by Crippen LogP contribution is 2.46. The summed E-state index contributed by atoms with van der Waals surface area (Å²) in [6.07, 6.45) is -7.31. The minimum absolute atomic E-state index is 0.000413. The van der Waals surface area contributed by atoms with Gasteiger partial charge >= 0.3 is 12.4 Å². The van der Waals surface area contributed by atoms with Crippen LogP contribution in [0, 0.1) is 41.4 Å². The molecule has 0 radical (unpaired) electrons. The quantitative estimate of drug-likeness (QED) is 0.117. The number of hydrogen-bond donors (Lipinski definition) is 3. The molecular weight excluding hydrogens is 1490 g/mol. The minimum atomic E-state index is -5.22. The average molecular weight is 1610 g/mol. The summed E-state index contributed by atoms with van der Waals surface area (Å²) in [5, 5.41) is 8.57. The summed E-state index contributed by atoms with van der Waals surface area (Å²) in [5.41, 5.74) is -1.68. The molecule has 2 unspecified atom stereocenters. The van der Waals surface area contributed by atoms with Crippen molar-refractivity contribution in [3.63, 3.8) is 0 Å². The maximum absolute atomic E-state index is 15.8. The number of likely N-dealkylation sites (tertiary alicyclic amines) is 1. The standard InChI is InChI=1S/C80H122F8N12O13/c1-10-48(3)67-75(110)93(5)47-65(103)94(6)58-27-16-13-19-38-99(74(58)109)62(42-50-28-31-53(32-29-50)79(83,84)85)72(107)92(4)46-63(101)89-57(33-30-51-39-55(81)66(56(82)40-51)80(86,87)88)71(106)100-45-54(113-11-2)43-60(100)70(105)91-78(34-22-35-78)77(112)97(9)68(52-25-17-18-26-52)76(111)96(8)61(73(108)98-36-20-21-37-98)44-64(102)95(7)59(69(104)90-67)41-49-23-14-12-15-24-49/h13,16,48-62,66-68H,10-12,14-15,17-47H2,1-9H3,(H,89,101)(H,90,104)(H,91,105)/b16-13-/t48-,50?,51?,53?,54+,55?,56?,57-,58-,59-,60-,61-,62-,66?,67-,68-/m0/s1. The Morgan fingerprint density at radius 3 is 1.78 bits per heavy atom. The Morgan fingerprint density at radius 2 is 1.19 bits per heavy atom. The number of amides is 12. The van der Waals surface area contributed by atoms with Crippen LogP contribution in [0.25, 0.3) is 0 Å². The molecular formula is C80H122F8N12O13. The molecule has 25 nitrogen and oxygen atoms in total. The first kappa shape index (κ1) is 89.7. The third kappa shape index (κ3) is 21.7. The third-order valence-electron chi connectivity index (χ3n) is 26.5. The Labute approximate surface area is 659 Å². The normalized spacial score (nSPS) is 32.8. The SMILES string of the molecule is CCO[C@@H]1C[C@H]2C(=O)NC3(CCC3)C(=O)N(C)[C@@H](C3CCCC3)C(=O)N(C)[C@H](C(=O)N3CCCC3)CC(=O)N(C)[C@@H](CC3CCCCC3)C(=O)N[C@@H]([C@@H](C)CC)C(=O)N(C)CC(=O)N(C)[C@H]3C/C=C\CCN(C3=O)[C@@H](CC3CCC(C(F)(F)F)CC3)C(=O)N(C)CC(=O)N[C@@H](CCC3CC(F)C(C(F)(F)F)C(F)C3)C(=O)N2C1. The number of fused-ring (bicyclic) bond motifs is 3. The monoisotopic (exact) mass is 1610 g/mol. The average Bonchev–Trinajstić information content (AvgIpc) is 1.74. The summed E-state index contributed by atoms with van der Waals surface area (Å²) in [5.74, 6) is -16.3. The molecule has 9 aliphatic rings. The smallest absolute Gasteiger partial charge is 0.377 e. The molecule has 3 saturated heterocycles. The molecule has 0 aromatic carbocycles. The van der Waals surface area contributed by atoms with Crippen molar-refractivity contribution in [2.24, 2.45) is 41.4 Å². The molecule has 5 saturated carbocycles. The number of carbonyl (C=O) groups excluding carboxylic acids is 12. The van der Waals surface area contributed by atoms with Gasteiger partial charge in [-0.2, -0.15) is 26.3 Å². The second kappa shape index (κ2) is 39.2. The number of nitrogens with zero attached hydrogens (tertiary/aromatic N) is 9. The highest BCUT2D eigenvalue weighted by atomic mass is 19.4. The number of likely N-dealkylation sites (N-methyl/N-ethyl adjacent to an activating group) is 6. The van der Waals surface area contributed by atoms with Gasteiger partial charge in [0, 0.05) is 81.5 Å². The summed E-state index contributed by atoms with van der Waals surface area (Å²) in [6, 6.07) is -11.2. The van der Waals surface area contributed by atoms with Gasteiger partial charge in [-0.15, -0.1) is 0 Å². The fourth-order valence-electron chi connectivity index (χ4n) is 19.1. The van der Waals surface area contributed by atoms with E-state index in [0.717, 1.165) is 51.7 Å². The van der Waals surface area contributed by atoms with Crippen molar-refractivity contribution in [2.45, 2.75) is 292 Å². The van der Waals surface area contributed by atoms with Crippen molar-refractivity contribution < 1.29 is 97.4 Å². The van der Waals surface area contributed by atoms with E-state index in [-0.39, 0.29) is 103 Å². The third-order valence-corrected chi connectivity index (χ3v) is 26.5. The molecule has 0 aromatic rings. The van der Waals surface area contributed by atoms with Crippen LogP contribution >= 0.6 is 0 Å². The van der Waals surface area contributed by atoms with Crippen LogP contribution in [0.15, 0.2) is 12.2 Å². The van der Waals surface area contributed by atoms with Crippen LogP contribution in [0.5, 0.6) is 0 Å². The molecule has 2 bridgehead atoms. The Hall–Kier alpha value is -7.22. The molecule has 4 heterocycles. The fraction of sp³-hybridized carbons (Fsp3) is 0.825. The van der Waals surface area contributed by atoms with Crippen LogP contribution in [-0.2, 0) is 62.3 Å². The Balaban J connectivity index is 1.11. The molecule has 9 rings (SSSR count). The molecule has 8 fully saturated rings. The van der Waals surface area contributed by atoms with Crippen molar-refractivity contribution in [3.05, 3.63) is 12.2 Å². The zero-order chi connectivity index (χ0) is 82.7. The van der Waals surface area contributed by atoms with Gasteiger partial charge < -0.3 is 64.8 Å². The number of hydrogen-bond acceptors (Lipinski definition) is 13. The largest absolute Gasteiger partial charge is 0.397 e. The zero-order valence-corrected chi connectivity index (χ0v) is 67.4. The Bertz CT molecular complexity index is 3380. The number of halogens is 8. The van der Waals surface area contributed by atoms with Crippen LogP contribution in [0.2, 0.25) is 0 Å². The predicted molar refractivity (Wildman–Crippen MR) is 400 cm³/mol. The Morgan fingerprint density at radius 1 is 0.575 bits per heavy atom. The molecule has 4 aliphatic heterocycles. The van der Waals surface area contributed by atoms with Crippen molar-refractivity contribution in [3.8, 4) is 0 Å². The topological polar surface area (TPSA) is 279 Å². The van der Waals surface area contributed by atoms with Crippen molar-refractivity contribution >= 4 is 70.9 Å². The van der Waals surface area contributed by atoms with E-state index in [1.54, 1.807) is 30.9 Å². The van der Waals surface area contributed by atoms with Crippen molar-refractivity contribution in [1.82, 2.24) is 60.0 Å².